The first-order valence-corrected chi connectivity index (χ1v) is 7.21. The second-order valence-electron chi connectivity index (χ2n) is 5.40. The van der Waals surface area contributed by atoms with Gasteiger partial charge >= 0.3 is 0 Å². The summed E-state index contributed by atoms with van der Waals surface area (Å²) < 4.78 is 5.35. The molecule has 0 aromatic heterocycles. The molecule has 0 radical (unpaired) electrons. The number of benzene rings is 1. The van der Waals surface area contributed by atoms with Crippen LogP contribution in [0.5, 0.6) is 5.75 Å². The predicted octanol–water partition coefficient (Wildman–Crippen LogP) is 2.43. The standard InChI is InChI=1S/C16H24N2O2/c1-5-13-11-18(10-9-17(13)3)14-7-6-8-15(20-4)16(14)12(2)19/h6-8,13H,5,9-11H2,1-4H3. The number of likely N-dealkylation sites (N-methyl/N-ethyl adjacent to an activating group) is 1. The number of hydrogen-bond donors (Lipinski definition) is 0. The van der Waals surface area contributed by atoms with Gasteiger partial charge in [0.2, 0.25) is 0 Å². The SMILES string of the molecule is CCC1CN(c2cccc(OC)c2C(C)=O)CCN1C. The maximum absolute atomic E-state index is 12.0. The van der Waals surface area contributed by atoms with Crippen LogP contribution in [0.25, 0.3) is 0 Å². The molecule has 1 heterocycles. The van der Waals surface area contributed by atoms with Gasteiger partial charge in [0.1, 0.15) is 5.75 Å². The van der Waals surface area contributed by atoms with Gasteiger partial charge in [0.25, 0.3) is 0 Å². The molecule has 2 rings (SSSR count). The number of rotatable bonds is 4. The molecule has 1 aromatic rings. The third-order valence-electron chi connectivity index (χ3n) is 4.17. The lowest BCUT2D eigenvalue weighted by Crippen LogP contribution is -2.51. The number of nitrogens with zero attached hydrogens (tertiary/aromatic N) is 2. The van der Waals surface area contributed by atoms with Crippen LogP contribution in [0.1, 0.15) is 30.6 Å². The first kappa shape index (κ1) is 14.9. The molecule has 1 aliphatic heterocycles. The van der Waals surface area contributed by atoms with Gasteiger partial charge in [-0.15, -0.1) is 0 Å². The first-order valence-electron chi connectivity index (χ1n) is 7.21. The lowest BCUT2D eigenvalue weighted by molar-refractivity contribution is 0.101. The van der Waals surface area contributed by atoms with E-state index in [1.54, 1.807) is 14.0 Å². The van der Waals surface area contributed by atoms with Gasteiger partial charge < -0.3 is 9.64 Å². The normalized spacial score (nSPS) is 20.0. The van der Waals surface area contributed by atoms with Crippen molar-refractivity contribution in [3.05, 3.63) is 23.8 Å². The van der Waals surface area contributed by atoms with E-state index in [0.717, 1.165) is 31.7 Å². The van der Waals surface area contributed by atoms with Crippen molar-refractivity contribution in [2.24, 2.45) is 0 Å². The van der Waals surface area contributed by atoms with E-state index in [2.05, 4.69) is 23.8 Å². The van der Waals surface area contributed by atoms with E-state index in [4.69, 9.17) is 4.74 Å². The van der Waals surface area contributed by atoms with Gasteiger partial charge in [0.15, 0.2) is 5.78 Å². The Bertz CT molecular complexity index is 487. The van der Waals surface area contributed by atoms with Crippen LogP contribution in [-0.2, 0) is 0 Å². The Labute approximate surface area is 121 Å². The van der Waals surface area contributed by atoms with Gasteiger partial charge in [-0.1, -0.05) is 13.0 Å². The maximum Gasteiger partial charge on any atom is 0.165 e. The molecule has 0 aliphatic carbocycles. The molecule has 20 heavy (non-hydrogen) atoms. The molecule has 1 aromatic carbocycles. The Kier molecular flexibility index (Phi) is 4.65. The molecular weight excluding hydrogens is 252 g/mol. The Morgan fingerprint density at radius 1 is 1.40 bits per heavy atom. The summed E-state index contributed by atoms with van der Waals surface area (Å²) in [6.07, 6.45) is 1.12. The number of carbonyl (C=O) groups excluding carboxylic acids is 1. The maximum atomic E-state index is 12.0. The number of ketones is 1. The highest BCUT2D eigenvalue weighted by Crippen LogP contribution is 2.31. The summed E-state index contributed by atoms with van der Waals surface area (Å²) >= 11 is 0. The minimum absolute atomic E-state index is 0.0597. The summed E-state index contributed by atoms with van der Waals surface area (Å²) in [5.74, 6) is 0.728. The average Bonchev–Trinajstić information content (AvgIpc) is 2.46. The highest BCUT2D eigenvalue weighted by atomic mass is 16.5. The van der Waals surface area contributed by atoms with Crippen LogP contribution >= 0.6 is 0 Å². The zero-order valence-corrected chi connectivity index (χ0v) is 12.8. The number of ether oxygens (including phenoxy) is 1. The van der Waals surface area contributed by atoms with Crippen LogP contribution in [-0.4, -0.2) is 50.5 Å². The molecule has 0 N–H and O–H groups in total. The summed E-state index contributed by atoms with van der Waals surface area (Å²) in [6, 6.07) is 6.37. The third-order valence-corrected chi connectivity index (χ3v) is 4.17. The largest absolute Gasteiger partial charge is 0.496 e. The van der Waals surface area contributed by atoms with E-state index < -0.39 is 0 Å². The summed E-state index contributed by atoms with van der Waals surface area (Å²) in [5, 5.41) is 0. The van der Waals surface area contributed by atoms with Crippen molar-refractivity contribution >= 4 is 11.5 Å². The summed E-state index contributed by atoms with van der Waals surface area (Å²) in [7, 11) is 3.79. The molecule has 110 valence electrons. The Hall–Kier alpha value is -1.55. The van der Waals surface area contributed by atoms with E-state index in [-0.39, 0.29) is 5.78 Å². The molecule has 4 heteroatoms. The third kappa shape index (κ3) is 2.80. The fraction of sp³-hybridized carbons (Fsp3) is 0.562. The second kappa shape index (κ2) is 6.27. The molecule has 0 saturated carbocycles. The second-order valence-corrected chi connectivity index (χ2v) is 5.40. The van der Waals surface area contributed by atoms with Crippen LogP contribution < -0.4 is 9.64 Å². The van der Waals surface area contributed by atoms with E-state index in [9.17, 15) is 4.79 Å². The van der Waals surface area contributed by atoms with Crippen molar-refractivity contribution in [3.8, 4) is 5.75 Å². The Morgan fingerprint density at radius 3 is 2.75 bits per heavy atom. The van der Waals surface area contributed by atoms with E-state index in [1.165, 1.54) is 0 Å². The lowest BCUT2D eigenvalue weighted by Gasteiger charge is -2.41. The van der Waals surface area contributed by atoms with Gasteiger partial charge in [0, 0.05) is 25.7 Å². The summed E-state index contributed by atoms with van der Waals surface area (Å²) in [6.45, 7) is 6.74. The molecule has 1 atom stereocenters. The Balaban J connectivity index is 2.35. The molecule has 1 saturated heterocycles. The first-order chi connectivity index (χ1) is 9.58. The highest BCUT2D eigenvalue weighted by molar-refractivity contribution is 6.02. The van der Waals surface area contributed by atoms with Gasteiger partial charge in [-0.3, -0.25) is 9.69 Å². The molecule has 0 spiro atoms. The van der Waals surface area contributed by atoms with Crippen molar-refractivity contribution < 1.29 is 9.53 Å². The lowest BCUT2D eigenvalue weighted by atomic mass is 10.0. The van der Waals surface area contributed by atoms with Crippen molar-refractivity contribution in [2.45, 2.75) is 26.3 Å². The summed E-state index contributed by atoms with van der Waals surface area (Å²) in [5.41, 5.74) is 1.71. The zero-order valence-electron chi connectivity index (χ0n) is 12.8. The van der Waals surface area contributed by atoms with Gasteiger partial charge in [-0.05, 0) is 32.5 Å². The van der Waals surface area contributed by atoms with Crippen molar-refractivity contribution in [1.82, 2.24) is 4.90 Å². The molecular formula is C16H24N2O2. The molecule has 0 amide bonds. The van der Waals surface area contributed by atoms with Gasteiger partial charge in [-0.25, -0.2) is 0 Å². The Morgan fingerprint density at radius 2 is 2.15 bits per heavy atom. The number of hydrogen-bond acceptors (Lipinski definition) is 4. The van der Waals surface area contributed by atoms with Crippen LogP contribution in [0.3, 0.4) is 0 Å². The van der Waals surface area contributed by atoms with Gasteiger partial charge in [0.05, 0.1) is 18.4 Å². The quantitative estimate of drug-likeness (QED) is 0.791. The molecule has 4 nitrogen and oxygen atoms in total. The van der Waals surface area contributed by atoms with Crippen LogP contribution in [0.2, 0.25) is 0 Å². The molecule has 1 unspecified atom stereocenters. The minimum atomic E-state index is 0.0597. The number of methoxy groups -OCH3 is 1. The number of Topliss-reactive ketones (excluding diaryl/α,β-unsaturated/α-hetero) is 1. The van der Waals surface area contributed by atoms with Crippen molar-refractivity contribution in [3.63, 3.8) is 0 Å². The number of carbonyl (C=O) groups is 1. The fourth-order valence-electron chi connectivity index (χ4n) is 2.91. The van der Waals surface area contributed by atoms with Crippen LogP contribution in [0.15, 0.2) is 18.2 Å². The molecule has 0 bridgehead atoms. The highest BCUT2D eigenvalue weighted by Gasteiger charge is 2.26. The number of anilines is 1. The van der Waals surface area contributed by atoms with Crippen LogP contribution in [0.4, 0.5) is 5.69 Å². The van der Waals surface area contributed by atoms with E-state index >= 15 is 0 Å². The van der Waals surface area contributed by atoms with Crippen molar-refractivity contribution in [2.75, 3.05) is 38.7 Å². The average molecular weight is 276 g/mol. The monoisotopic (exact) mass is 276 g/mol. The topological polar surface area (TPSA) is 32.8 Å². The molecule has 1 aliphatic rings. The van der Waals surface area contributed by atoms with E-state index in [1.807, 2.05) is 18.2 Å². The van der Waals surface area contributed by atoms with Crippen LogP contribution in [0, 0.1) is 0 Å². The zero-order chi connectivity index (χ0) is 14.7. The van der Waals surface area contributed by atoms with Gasteiger partial charge in [-0.2, -0.15) is 0 Å². The number of piperazine rings is 1. The molecule has 1 fully saturated rings. The smallest absolute Gasteiger partial charge is 0.165 e. The minimum Gasteiger partial charge on any atom is -0.496 e. The van der Waals surface area contributed by atoms with E-state index in [0.29, 0.717) is 17.4 Å². The van der Waals surface area contributed by atoms with Crippen molar-refractivity contribution in [1.29, 1.82) is 0 Å². The summed E-state index contributed by atoms with van der Waals surface area (Å²) in [4.78, 5) is 16.7. The predicted molar refractivity (Wildman–Crippen MR) is 81.9 cm³/mol. The fourth-order valence-corrected chi connectivity index (χ4v) is 2.91.